The lowest BCUT2D eigenvalue weighted by atomic mass is 10.2. The van der Waals surface area contributed by atoms with Crippen molar-refractivity contribution >= 4 is 12.0 Å². The lowest BCUT2D eigenvalue weighted by Crippen LogP contribution is -2.30. The van der Waals surface area contributed by atoms with Crippen LogP contribution in [0.4, 0.5) is 0 Å². The second kappa shape index (κ2) is 5.47. The molecule has 0 spiro atoms. The number of carbonyl (C=O) groups is 1. The Morgan fingerprint density at radius 2 is 1.95 bits per heavy atom. The molecule has 2 fully saturated rings. The van der Waals surface area contributed by atoms with Gasteiger partial charge < -0.3 is 9.88 Å². The molecule has 2 aliphatic carbocycles. The van der Waals surface area contributed by atoms with Gasteiger partial charge in [-0.15, -0.1) is 0 Å². The normalized spacial score (nSPS) is 19.9. The average molecular weight is 272 g/mol. The molecule has 1 N–H and O–H groups in total. The van der Waals surface area contributed by atoms with Gasteiger partial charge >= 0.3 is 0 Å². The average Bonchev–Trinajstić information content (AvgIpc) is 3.02. The van der Waals surface area contributed by atoms with Crippen molar-refractivity contribution in [2.45, 2.75) is 64.5 Å². The molecule has 1 aromatic rings. The van der Waals surface area contributed by atoms with E-state index < -0.39 is 0 Å². The molecule has 0 unspecified atom stereocenters. The molecule has 108 valence electrons. The van der Waals surface area contributed by atoms with Crippen LogP contribution in [0.1, 0.15) is 61.5 Å². The molecule has 0 saturated heterocycles. The van der Waals surface area contributed by atoms with Crippen LogP contribution < -0.4 is 5.32 Å². The maximum absolute atomic E-state index is 11.9. The van der Waals surface area contributed by atoms with E-state index in [1.54, 1.807) is 6.08 Å². The molecule has 2 aliphatic rings. The van der Waals surface area contributed by atoms with E-state index in [0.717, 1.165) is 12.8 Å². The van der Waals surface area contributed by atoms with Crippen LogP contribution in [0.5, 0.6) is 0 Å². The van der Waals surface area contributed by atoms with E-state index in [0.29, 0.717) is 12.1 Å². The number of rotatable bonds is 4. The smallest absolute Gasteiger partial charge is 0.244 e. The number of hydrogen-bond acceptors (Lipinski definition) is 1. The molecule has 0 atom stereocenters. The van der Waals surface area contributed by atoms with Crippen molar-refractivity contribution in [1.82, 2.24) is 9.88 Å². The van der Waals surface area contributed by atoms with Gasteiger partial charge in [-0.05, 0) is 57.2 Å². The minimum atomic E-state index is 0.0492. The molecular weight excluding hydrogens is 248 g/mol. The van der Waals surface area contributed by atoms with Gasteiger partial charge in [0.1, 0.15) is 0 Å². The van der Waals surface area contributed by atoms with E-state index >= 15 is 0 Å². The first-order valence-electron chi connectivity index (χ1n) is 7.82. The Labute approximate surface area is 121 Å². The molecular formula is C17H24N2O. The Kier molecular flexibility index (Phi) is 3.68. The summed E-state index contributed by atoms with van der Waals surface area (Å²) in [6.45, 7) is 4.31. The monoisotopic (exact) mass is 272 g/mol. The zero-order valence-electron chi connectivity index (χ0n) is 12.5. The van der Waals surface area contributed by atoms with Gasteiger partial charge in [0.05, 0.1) is 0 Å². The van der Waals surface area contributed by atoms with Crippen LogP contribution in [0.25, 0.3) is 6.08 Å². The van der Waals surface area contributed by atoms with Crippen LogP contribution in [0.3, 0.4) is 0 Å². The van der Waals surface area contributed by atoms with Crippen LogP contribution >= 0.6 is 0 Å². The lowest BCUT2D eigenvalue weighted by Gasteiger charge is -2.09. The van der Waals surface area contributed by atoms with Gasteiger partial charge in [0.15, 0.2) is 0 Å². The number of aryl methyl sites for hydroxylation is 1. The van der Waals surface area contributed by atoms with Crippen molar-refractivity contribution in [3.63, 3.8) is 0 Å². The van der Waals surface area contributed by atoms with E-state index in [4.69, 9.17) is 0 Å². The maximum atomic E-state index is 11.9. The Hall–Kier alpha value is -1.51. The summed E-state index contributed by atoms with van der Waals surface area (Å²) in [4.78, 5) is 11.9. The summed E-state index contributed by atoms with van der Waals surface area (Å²) >= 11 is 0. The topological polar surface area (TPSA) is 34.0 Å². The molecule has 3 nitrogen and oxygen atoms in total. The van der Waals surface area contributed by atoms with E-state index in [-0.39, 0.29) is 5.91 Å². The molecule has 0 aliphatic heterocycles. The van der Waals surface area contributed by atoms with Crippen molar-refractivity contribution in [1.29, 1.82) is 0 Å². The Morgan fingerprint density at radius 1 is 1.25 bits per heavy atom. The predicted molar refractivity (Wildman–Crippen MR) is 81.6 cm³/mol. The van der Waals surface area contributed by atoms with E-state index in [1.807, 2.05) is 6.08 Å². The van der Waals surface area contributed by atoms with E-state index in [9.17, 15) is 4.79 Å². The number of aromatic nitrogens is 1. The molecule has 20 heavy (non-hydrogen) atoms. The predicted octanol–water partition coefficient (Wildman–Crippen LogP) is 3.51. The second-order valence-corrected chi connectivity index (χ2v) is 6.25. The standard InChI is InChI=1S/C17H24N2O/c1-12-11-14(13(2)19(12)16-8-9-16)7-10-17(20)18-15-5-3-4-6-15/h7,10-11,15-16H,3-6,8-9H2,1-2H3,(H,18,20)/b10-7+. The number of nitrogens with one attached hydrogen (secondary N) is 1. The highest BCUT2D eigenvalue weighted by Gasteiger charge is 2.26. The summed E-state index contributed by atoms with van der Waals surface area (Å²) in [5.74, 6) is 0.0492. The first kappa shape index (κ1) is 13.5. The highest BCUT2D eigenvalue weighted by atomic mass is 16.1. The lowest BCUT2D eigenvalue weighted by molar-refractivity contribution is -0.117. The number of nitrogens with zero attached hydrogens (tertiary/aromatic N) is 1. The number of carbonyl (C=O) groups excluding carboxylic acids is 1. The van der Waals surface area contributed by atoms with Gasteiger partial charge in [0.2, 0.25) is 5.91 Å². The third-order valence-corrected chi connectivity index (χ3v) is 4.55. The van der Waals surface area contributed by atoms with Crippen molar-refractivity contribution in [3.05, 3.63) is 29.1 Å². The maximum Gasteiger partial charge on any atom is 0.244 e. The molecule has 0 bridgehead atoms. The zero-order chi connectivity index (χ0) is 14.1. The quantitative estimate of drug-likeness (QED) is 0.836. The molecule has 0 radical (unpaired) electrons. The first-order chi connectivity index (χ1) is 9.65. The Bertz CT molecular complexity index is 531. The molecule has 1 amide bonds. The van der Waals surface area contributed by atoms with Crippen molar-refractivity contribution in [2.75, 3.05) is 0 Å². The molecule has 1 heterocycles. The minimum Gasteiger partial charge on any atom is -0.350 e. The summed E-state index contributed by atoms with van der Waals surface area (Å²) in [6.07, 6.45) is 11.0. The van der Waals surface area contributed by atoms with Gasteiger partial charge in [-0.1, -0.05) is 12.8 Å². The van der Waals surface area contributed by atoms with E-state index in [1.165, 1.54) is 42.6 Å². The highest BCUT2D eigenvalue weighted by molar-refractivity contribution is 5.92. The SMILES string of the molecule is Cc1cc(/C=C/C(=O)NC2CCCC2)c(C)n1C1CC1. The van der Waals surface area contributed by atoms with Gasteiger partial charge in [-0.3, -0.25) is 4.79 Å². The Balaban J connectivity index is 1.66. The molecule has 3 rings (SSSR count). The molecule has 2 saturated carbocycles. The highest BCUT2D eigenvalue weighted by Crippen LogP contribution is 2.38. The summed E-state index contributed by atoms with van der Waals surface area (Å²) < 4.78 is 2.41. The fraction of sp³-hybridized carbons (Fsp3) is 0.588. The van der Waals surface area contributed by atoms with Crippen LogP contribution in [0.15, 0.2) is 12.1 Å². The van der Waals surface area contributed by atoms with Crippen LogP contribution in [-0.2, 0) is 4.79 Å². The summed E-state index contributed by atoms with van der Waals surface area (Å²) in [5.41, 5.74) is 3.77. The molecule has 0 aromatic carbocycles. The first-order valence-corrected chi connectivity index (χ1v) is 7.82. The summed E-state index contributed by atoms with van der Waals surface area (Å²) in [6, 6.07) is 3.28. The zero-order valence-corrected chi connectivity index (χ0v) is 12.5. The van der Waals surface area contributed by atoms with Gasteiger partial charge in [-0.2, -0.15) is 0 Å². The van der Waals surface area contributed by atoms with Crippen molar-refractivity contribution in [2.24, 2.45) is 0 Å². The third kappa shape index (κ3) is 2.82. The van der Waals surface area contributed by atoms with Crippen LogP contribution in [0.2, 0.25) is 0 Å². The van der Waals surface area contributed by atoms with E-state index in [2.05, 4.69) is 29.8 Å². The Morgan fingerprint density at radius 3 is 2.60 bits per heavy atom. The van der Waals surface area contributed by atoms with Gasteiger partial charge in [0.25, 0.3) is 0 Å². The number of amides is 1. The van der Waals surface area contributed by atoms with Crippen molar-refractivity contribution < 1.29 is 4.79 Å². The van der Waals surface area contributed by atoms with Gasteiger partial charge in [0, 0.05) is 29.5 Å². The molecule has 3 heteroatoms. The van der Waals surface area contributed by atoms with Crippen LogP contribution in [0, 0.1) is 13.8 Å². The fourth-order valence-corrected chi connectivity index (χ4v) is 3.35. The van der Waals surface area contributed by atoms with Crippen LogP contribution in [-0.4, -0.2) is 16.5 Å². The summed E-state index contributed by atoms with van der Waals surface area (Å²) in [5, 5.41) is 3.09. The molecule has 1 aromatic heterocycles. The second-order valence-electron chi connectivity index (χ2n) is 6.25. The fourth-order valence-electron chi connectivity index (χ4n) is 3.35. The minimum absolute atomic E-state index is 0.0492. The number of hydrogen-bond donors (Lipinski definition) is 1. The summed E-state index contributed by atoms with van der Waals surface area (Å²) in [7, 11) is 0. The third-order valence-electron chi connectivity index (χ3n) is 4.55. The van der Waals surface area contributed by atoms with Crippen molar-refractivity contribution in [3.8, 4) is 0 Å². The largest absolute Gasteiger partial charge is 0.350 e. The van der Waals surface area contributed by atoms with Gasteiger partial charge in [-0.25, -0.2) is 0 Å².